The fourth-order valence-electron chi connectivity index (χ4n) is 3.75. The molecule has 0 saturated heterocycles. The molecule has 0 fully saturated rings. The summed E-state index contributed by atoms with van der Waals surface area (Å²) >= 11 is 0. The number of anilines is 1. The van der Waals surface area contributed by atoms with E-state index in [4.69, 9.17) is 4.99 Å². The second-order valence-corrected chi connectivity index (χ2v) is 7.36. The standard InChI is InChI=1S/C23H27N5O2/c1-2-28-22(30)20-21(24-16-27(20)14-18-11-7-4-8-12-18)26-23(28)25-19(15-29)13-17-9-5-3-6-10-17/h3-12,16,19,22,29-30H,2,13-15H2,1H3,(H,25,26)/t19-,22+/m1/s1. The van der Waals surface area contributed by atoms with Crippen LogP contribution in [0.5, 0.6) is 0 Å². The molecule has 30 heavy (non-hydrogen) atoms. The van der Waals surface area contributed by atoms with Gasteiger partial charge in [-0.2, -0.15) is 0 Å². The number of nitrogens with zero attached hydrogens (tertiary/aromatic N) is 4. The quantitative estimate of drug-likeness (QED) is 0.563. The first kappa shape index (κ1) is 20.1. The summed E-state index contributed by atoms with van der Waals surface area (Å²) in [5.41, 5.74) is 2.95. The molecule has 7 heteroatoms. The van der Waals surface area contributed by atoms with Gasteiger partial charge in [0.25, 0.3) is 0 Å². The summed E-state index contributed by atoms with van der Waals surface area (Å²) in [6.45, 7) is 3.07. The van der Waals surface area contributed by atoms with Crippen LogP contribution < -0.4 is 5.32 Å². The van der Waals surface area contributed by atoms with Crippen LogP contribution >= 0.6 is 0 Å². The highest BCUT2D eigenvalue weighted by Gasteiger charge is 2.33. The minimum absolute atomic E-state index is 0.0803. The Hall–Kier alpha value is -3.16. The molecule has 2 aromatic carbocycles. The minimum atomic E-state index is -0.868. The monoisotopic (exact) mass is 405 g/mol. The molecule has 4 rings (SSSR count). The number of rotatable bonds is 7. The van der Waals surface area contributed by atoms with Gasteiger partial charge in [0, 0.05) is 13.1 Å². The molecular formula is C23H27N5O2. The van der Waals surface area contributed by atoms with E-state index in [9.17, 15) is 10.2 Å². The third-order valence-corrected chi connectivity index (χ3v) is 5.29. The first-order chi connectivity index (χ1) is 14.7. The van der Waals surface area contributed by atoms with Gasteiger partial charge in [-0.1, -0.05) is 60.7 Å². The lowest BCUT2D eigenvalue weighted by Gasteiger charge is -2.35. The van der Waals surface area contributed by atoms with Gasteiger partial charge in [0.2, 0.25) is 5.96 Å². The molecule has 0 amide bonds. The van der Waals surface area contributed by atoms with E-state index in [0.29, 0.717) is 37.0 Å². The zero-order valence-electron chi connectivity index (χ0n) is 17.0. The summed E-state index contributed by atoms with van der Waals surface area (Å²) < 4.78 is 1.95. The fourth-order valence-corrected chi connectivity index (χ4v) is 3.75. The van der Waals surface area contributed by atoms with Gasteiger partial charge in [-0.05, 0) is 24.5 Å². The topological polar surface area (TPSA) is 85.9 Å². The molecule has 2 atom stereocenters. The van der Waals surface area contributed by atoms with E-state index < -0.39 is 6.23 Å². The average molecular weight is 406 g/mol. The molecule has 0 aliphatic carbocycles. The predicted octanol–water partition coefficient (Wildman–Crippen LogP) is 2.63. The number of aliphatic hydroxyl groups is 2. The van der Waals surface area contributed by atoms with Gasteiger partial charge in [-0.3, -0.25) is 0 Å². The Bertz CT molecular complexity index is 987. The Morgan fingerprint density at radius 2 is 1.73 bits per heavy atom. The Morgan fingerprint density at radius 3 is 2.37 bits per heavy atom. The van der Waals surface area contributed by atoms with E-state index in [1.165, 1.54) is 0 Å². The van der Waals surface area contributed by atoms with Crippen molar-refractivity contribution in [3.8, 4) is 0 Å². The zero-order chi connectivity index (χ0) is 20.9. The fraction of sp³-hybridized carbons (Fsp3) is 0.304. The molecule has 3 aromatic rings. The number of hydrogen-bond acceptors (Lipinski definition) is 4. The first-order valence-corrected chi connectivity index (χ1v) is 10.2. The maximum absolute atomic E-state index is 11.1. The van der Waals surface area contributed by atoms with Crippen molar-refractivity contribution in [3.63, 3.8) is 0 Å². The smallest absolute Gasteiger partial charge is 0.202 e. The van der Waals surface area contributed by atoms with Gasteiger partial charge in [0.1, 0.15) is 5.69 Å². The van der Waals surface area contributed by atoms with Crippen molar-refractivity contribution in [2.75, 3.05) is 18.5 Å². The SMILES string of the molecule is CCN1C(=N[C@@H](CO)Cc2ccccc2)Nc2ncn(Cc3ccccc3)c2[C@@H]1O. The van der Waals surface area contributed by atoms with Gasteiger partial charge >= 0.3 is 0 Å². The second kappa shape index (κ2) is 9.11. The molecule has 0 bridgehead atoms. The van der Waals surface area contributed by atoms with E-state index in [-0.39, 0.29) is 12.6 Å². The number of guanidine groups is 1. The van der Waals surface area contributed by atoms with Crippen LogP contribution in [0.4, 0.5) is 5.82 Å². The largest absolute Gasteiger partial charge is 0.394 e. The number of aliphatic imine (C=N–C) groups is 1. The van der Waals surface area contributed by atoms with Crippen molar-refractivity contribution in [2.45, 2.75) is 32.2 Å². The molecule has 1 aliphatic rings. The number of benzene rings is 2. The van der Waals surface area contributed by atoms with E-state index >= 15 is 0 Å². The van der Waals surface area contributed by atoms with E-state index in [0.717, 1.165) is 11.1 Å². The normalized spacial score (nSPS) is 18.2. The molecule has 0 saturated carbocycles. The zero-order valence-corrected chi connectivity index (χ0v) is 17.0. The third-order valence-electron chi connectivity index (χ3n) is 5.29. The maximum Gasteiger partial charge on any atom is 0.202 e. The van der Waals surface area contributed by atoms with Gasteiger partial charge in [0.05, 0.1) is 19.0 Å². The molecule has 0 spiro atoms. The van der Waals surface area contributed by atoms with Crippen molar-refractivity contribution in [1.82, 2.24) is 14.5 Å². The first-order valence-electron chi connectivity index (χ1n) is 10.2. The molecule has 0 radical (unpaired) electrons. The molecule has 2 heterocycles. The summed E-state index contributed by atoms with van der Waals surface area (Å²) in [5, 5.41) is 24.2. The van der Waals surface area contributed by atoms with E-state index in [2.05, 4.69) is 22.4 Å². The summed E-state index contributed by atoms with van der Waals surface area (Å²) in [6.07, 6.45) is 1.48. The van der Waals surface area contributed by atoms with E-state index in [1.807, 2.05) is 60.0 Å². The van der Waals surface area contributed by atoms with Crippen LogP contribution in [0, 0.1) is 0 Å². The van der Waals surface area contributed by atoms with Gasteiger partial charge in [0.15, 0.2) is 12.0 Å². The van der Waals surface area contributed by atoms with Crippen LogP contribution in [-0.2, 0) is 13.0 Å². The third kappa shape index (κ3) is 4.22. The Morgan fingerprint density at radius 1 is 1.07 bits per heavy atom. The Labute approximate surface area is 176 Å². The number of hydrogen-bond donors (Lipinski definition) is 3. The van der Waals surface area contributed by atoms with Crippen molar-refractivity contribution < 1.29 is 10.2 Å². The van der Waals surface area contributed by atoms with Crippen molar-refractivity contribution in [2.24, 2.45) is 4.99 Å². The summed E-state index contributed by atoms with van der Waals surface area (Å²) in [7, 11) is 0. The minimum Gasteiger partial charge on any atom is -0.394 e. The van der Waals surface area contributed by atoms with Gasteiger partial charge in [-0.25, -0.2) is 9.98 Å². The van der Waals surface area contributed by atoms with Crippen LogP contribution in [0.1, 0.15) is 30.0 Å². The molecular weight excluding hydrogens is 378 g/mol. The highest BCUT2D eigenvalue weighted by Crippen LogP contribution is 2.31. The number of fused-ring (bicyclic) bond motifs is 1. The highest BCUT2D eigenvalue weighted by molar-refractivity contribution is 5.95. The lowest BCUT2D eigenvalue weighted by atomic mass is 10.1. The van der Waals surface area contributed by atoms with Crippen LogP contribution in [-0.4, -0.2) is 49.8 Å². The second-order valence-electron chi connectivity index (χ2n) is 7.36. The van der Waals surface area contributed by atoms with Crippen molar-refractivity contribution >= 4 is 11.8 Å². The molecule has 7 nitrogen and oxygen atoms in total. The predicted molar refractivity (Wildman–Crippen MR) is 117 cm³/mol. The number of nitrogens with one attached hydrogen (secondary N) is 1. The van der Waals surface area contributed by atoms with E-state index in [1.54, 1.807) is 11.2 Å². The Kier molecular flexibility index (Phi) is 6.11. The molecule has 156 valence electrons. The maximum atomic E-state index is 11.1. The van der Waals surface area contributed by atoms with Crippen LogP contribution in [0.25, 0.3) is 0 Å². The summed E-state index contributed by atoms with van der Waals surface area (Å²) in [5.74, 6) is 1.12. The molecule has 1 aromatic heterocycles. The summed E-state index contributed by atoms with van der Waals surface area (Å²) in [4.78, 5) is 11.0. The highest BCUT2D eigenvalue weighted by atomic mass is 16.3. The van der Waals surface area contributed by atoms with Gasteiger partial charge < -0.3 is 25.0 Å². The lowest BCUT2D eigenvalue weighted by molar-refractivity contribution is 0.0461. The van der Waals surface area contributed by atoms with Gasteiger partial charge in [-0.15, -0.1) is 0 Å². The molecule has 1 aliphatic heterocycles. The Balaban J connectivity index is 1.59. The average Bonchev–Trinajstić information content (AvgIpc) is 3.17. The number of aliphatic hydroxyl groups excluding tert-OH is 2. The van der Waals surface area contributed by atoms with Crippen LogP contribution in [0.2, 0.25) is 0 Å². The number of aromatic nitrogens is 2. The van der Waals surface area contributed by atoms with Crippen molar-refractivity contribution in [3.05, 3.63) is 83.8 Å². The van der Waals surface area contributed by atoms with Crippen LogP contribution in [0.15, 0.2) is 72.0 Å². The number of imidazole rings is 1. The molecule has 3 N–H and O–H groups in total. The molecule has 0 unspecified atom stereocenters. The van der Waals surface area contributed by atoms with Crippen molar-refractivity contribution in [1.29, 1.82) is 0 Å². The lowest BCUT2D eigenvalue weighted by Crippen LogP contribution is -2.45. The summed E-state index contributed by atoms with van der Waals surface area (Å²) in [6, 6.07) is 19.7. The van der Waals surface area contributed by atoms with Crippen LogP contribution in [0.3, 0.4) is 0 Å².